The Bertz CT molecular complexity index is 470. The van der Waals surface area contributed by atoms with E-state index in [1.165, 1.54) is 0 Å². The van der Waals surface area contributed by atoms with Crippen molar-refractivity contribution in [2.75, 3.05) is 6.54 Å². The average molecular weight is 247 g/mol. The van der Waals surface area contributed by atoms with Gasteiger partial charge in [-0.25, -0.2) is 0 Å². The van der Waals surface area contributed by atoms with Crippen molar-refractivity contribution in [3.63, 3.8) is 0 Å². The van der Waals surface area contributed by atoms with Gasteiger partial charge in [-0.15, -0.1) is 0 Å². The first-order valence-electron chi connectivity index (χ1n) is 6.21. The molecule has 0 aromatic heterocycles. The molecule has 1 aromatic rings. The first-order valence-corrected chi connectivity index (χ1v) is 6.21. The normalized spacial score (nSPS) is 11.2. The lowest BCUT2D eigenvalue weighted by atomic mass is 9.84. The Kier molecular flexibility index (Phi) is 4.28. The van der Waals surface area contributed by atoms with Gasteiger partial charge in [0.15, 0.2) is 0 Å². The molecule has 1 N–H and O–H groups in total. The standard InChI is InChI=1S/C15H21NO2/c1-6-16-14(18)13(17)12-9-11(15(3,4)5)8-7-10(12)2/h7-9H,6H2,1-5H3,(H,16,18). The highest BCUT2D eigenvalue weighted by Crippen LogP contribution is 2.24. The molecule has 0 aliphatic heterocycles. The molecule has 0 atom stereocenters. The number of hydrogen-bond donors (Lipinski definition) is 1. The van der Waals surface area contributed by atoms with Crippen molar-refractivity contribution in [2.24, 2.45) is 0 Å². The van der Waals surface area contributed by atoms with Crippen molar-refractivity contribution < 1.29 is 9.59 Å². The van der Waals surface area contributed by atoms with E-state index in [-0.39, 0.29) is 5.41 Å². The molecule has 3 heteroatoms. The second-order valence-corrected chi connectivity index (χ2v) is 5.47. The fourth-order valence-corrected chi connectivity index (χ4v) is 1.70. The summed E-state index contributed by atoms with van der Waals surface area (Å²) in [6.45, 7) is 10.3. The zero-order chi connectivity index (χ0) is 13.9. The van der Waals surface area contributed by atoms with Crippen LogP contribution in [0.4, 0.5) is 0 Å². The molecule has 0 saturated carbocycles. The number of likely N-dealkylation sites (N-methyl/N-ethyl adjacent to an activating group) is 1. The predicted molar refractivity (Wildman–Crippen MR) is 72.9 cm³/mol. The summed E-state index contributed by atoms with van der Waals surface area (Å²) in [6, 6.07) is 5.73. The average Bonchev–Trinajstić information content (AvgIpc) is 2.27. The molecule has 0 heterocycles. The number of carbonyl (C=O) groups is 2. The van der Waals surface area contributed by atoms with Crippen LogP contribution in [0.1, 0.15) is 49.2 Å². The molecule has 0 saturated heterocycles. The number of benzene rings is 1. The molecule has 0 aliphatic rings. The van der Waals surface area contributed by atoms with Gasteiger partial charge >= 0.3 is 0 Å². The maximum Gasteiger partial charge on any atom is 0.292 e. The maximum atomic E-state index is 12.0. The number of nitrogens with one attached hydrogen (secondary N) is 1. The second-order valence-electron chi connectivity index (χ2n) is 5.47. The number of hydrogen-bond acceptors (Lipinski definition) is 2. The molecule has 1 rings (SSSR count). The van der Waals surface area contributed by atoms with E-state index >= 15 is 0 Å². The van der Waals surface area contributed by atoms with Gasteiger partial charge in [0, 0.05) is 12.1 Å². The van der Waals surface area contributed by atoms with Gasteiger partial charge in [-0.05, 0) is 36.5 Å². The first-order chi connectivity index (χ1) is 8.27. The van der Waals surface area contributed by atoms with Crippen molar-refractivity contribution in [3.05, 3.63) is 34.9 Å². The van der Waals surface area contributed by atoms with E-state index in [1.54, 1.807) is 6.92 Å². The van der Waals surface area contributed by atoms with Crippen LogP contribution in [0.15, 0.2) is 18.2 Å². The molecule has 98 valence electrons. The number of ketones is 1. The molecule has 0 spiro atoms. The molecule has 0 bridgehead atoms. The highest BCUT2D eigenvalue weighted by molar-refractivity contribution is 6.43. The molecular weight excluding hydrogens is 226 g/mol. The summed E-state index contributed by atoms with van der Waals surface area (Å²) in [5, 5.41) is 2.54. The van der Waals surface area contributed by atoms with Crippen LogP contribution in [0, 0.1) is 6.92 Å². The van der Waals surface area contributed by atoms with Gasteiger partial charge in [-0.3, -0.25) is 9.59 Å². The van der Waals surface area contributed by atoms with Crippen LogP contribution in [0.3, 0.4) is 0 Å². The minimum Gasteiger partial charge on any atom is -0.349 e. The van der Waals surface area contributed by atoms with Crippen LogP contribution in [-0.4, -0.2) is 18.2 Å². The third kappa shape index (κ3) is 3.19. The van der Waals surface area contributed by atoms with E-state index in [2.05, 4.69) is 26.1 Å². The third-order valence-electron chi connectivity index (χ3n) is 2.89. The zero-order valence-electron chi connectivity index (χ0n) is 11.8. The third-order valence-corrected chi connectivity index (χ3v) is 2.89. The molecule has 3 nitrogen and oxygen atoms in total. The van der Waals surface area contributed by atoms with Crippen LogP contribution in [-0.2, 0) is 10.2 Å². The predicted octanol–water partition coefficient (Wildman–Crippen LogP) is 2.61. The van der Waals surface area contributed by atoms with E-state index in [1.807, 2.05) is 25.1 Å². The summed E-state index contributed by atoms with van der Waals surface area (Å²) >= 11 is 0. The van der Waals surface area contributed by atoms with Gasteiger partial charge in [-0.1, -0.05) is 32.9 Å². The van der Waals surface area contributed by atoms with Crippen LogP contribution < -0.4 is 5.32 Å². The number of rotatable bonds is 3. The zero-order valence-corrected chi connectivity index (χ0v) is 11.8. The topological polar surface area (TPSA) is 46.2 Å². The van der Waals surface area contributed by atoms with Crippen molar-refractivity contribution in [1.82, 2.24) is 5.32 Å². The van der Waals surface area contributed by atoms with Gasteiger partial charge < -0.3 is 5.32 Å². The molecule has 0 fully saturated rings. The Morgan fingerprint density at radius 3 is 2.33 bits per heavy atom. The Morgan fingerprint density at radius 2 is 1.83 bits per heavy atom. The summed E-state index contributed by atoms with van der Waals surface area (Å²) in [5.41, 5.74) is 2.35. The molecule has 0 radical (unpaired) electrons. The van der Waals surface area contributed by atoms with Gasteiger partial charge in [0.2, 0.25) is 5.78 Å². The number of aryl methyl sites for hydroxylation is 1. The molecule has 1 amide bonds. The number of carbonyl (C=O) groups excluding carboxylic acids is 2. The first kappa shape index (κ1) is 14.4. The largest absolute Gasteiger partial charge is 0.349 e. The van der Waals surface area contributed by atoms with Crippen molar-refractivity contribution in [1.29, 1.82) is 0 Å². The summed E-state index contributed by atoms with van der Waals surface area (Å²) in [4.78, 5) is 23.6. The Hall–Kier alpha value is -1.64. The van der Waals surface area contributed by atoms with Crippen LogP contribution in [0.25, 0.3) is 0 Å². The van der Waals surface area contributed by atoms with E-state index in [9.17, 15) is 9.59 Å². The Morgan fingerprint density at radius 1 is 1.22 bits per heavy atom. The van der Waals surface area contributed by atoms with Crippen molar-refractivity contribution >= 4 is 11.7 Å². The van der Waals surface area contributed by atoms with E-state index < -0.39 is 11.7 Å². The number of amides is 1. The molecule has 18 heavy (non-hydrogen) atoms. The van der Waals surface area contributed by atoms with Crippen molar-refractivity contribution in [3.8, 4) is 0 Å². The second kappa shape index (κ2) is 5.34. The van der Waals surface area contributed by atoms with Crippen LogP contribution in [0.5, 0.6) is 0 Å². The highest BCUT2D eigenvalue weighted by Gasteiger charge is 2.21. The molecule has 0 aliphatic carbocycles. The Labute approximate surface area is 109 Å². The fourth-order valence-electron chi connectivity index (χ4n) is 1.70. The monoisotopic (exact) mass is 247 g/mol. The lowest BCUT2D eigenvalue weighted by Gasteiger charge is -2.20. The summed E-state index contributed by atoms with van der Waals surface area (Å²) in [7, 11) is 0. The van der Waals surface area contributed by atoms with E-state index in [0.29, 0.717) is 12.1 Å². The van der Waals surface area contributed by atoms with E-state index in [4.69, 9.17) is 0 Å². The highest BCUT2D eigenvalue weighted by atomic mass is 16.2. The summed E-state index contributed by atoms with van der Waals surface area (Å²) < 4.78 is 0. The van der Waals surface area contributed by atoms with Gasteiger partial charge in [0.25, 0.3) is 5.91 Å². The van der Waals surface area contributed by atoms with Gasteiger partial charge in [-0.2, -0.15) is 0 Å². The maximum absolute atomic E-state index is 12.0. The fraction of sp³-hybridized carbons (Fsp3) is 0.467. The summed E-state index contributed by atoms with van der Waals surface area (Å²) in [6.07, 6.45) is 0. The minimum atomic E-state index is -0.536. The van der Waals surface area contributed by atoms with E-state index in [0.717, 1.165) is 11.1 Å². The van der Waals surface area contributed by atoms with Gasteiger partial charge in [0.1, 0.15) is 0 Å². The molecule has 1 aromatic carbocycles. The van der Waals surface area contributed by atoms with Crippen LogP contribution in [0.2, 0.25) is 0 Å². The lowest BCUT2D eigenvalue weighted by molar-refractivity contribution is -0.116. The Balaban J connectivity index is 3.16. The van der Waals surface area contributed by atoms with Gasteiger partial charge in [0.05, 0.1) is 0 Å². The molecule has 0 unspecified atom stereocenters. The number of Topliss-reactive ketones (excluding diaryl/α,β-unsaturated/α-hetero) is 1. The quantitative estimate of drug-likeness (QED) is 0.659. The lowest BCUT2D eigenvalue weighted by Crippen LogP contribution is -2.31. The minimum absolute atomic E-state index is 0.0377. The van der Waals surface area contributed by atoms with Crippen molar-refractivity contribution in [2.45, 2.75) is 40.0 Å². The van der Waals surface area contributed by atoms with Crippen LogP contribution >= 0.6 is 0 Å². The smallest absolute Gasteiger partial charge is 0.292 e. The molecular formula is C15H21NO2. The SMILES string of the molecule is CCNC(=O)C(=O)c1cc(C(C)(C)C)ccc1C. The summed E-state index contributed by atoms with van der Waals surface area (Å²) in [5.74, 6) is -0.993.